The Hall–Kier alpha value is -1.56. The number of carbonyl (C=O) groups excluding carboxylic acids is 1. The van der Waals surface area contributed by atoms with Crippen LogP contribution in [0.25, 0.3) is 0 Å². The summed E-state index contributed by atoms with van der Waals surface area (Å²) in [6.45, 7) is 6.07. The zero-order chi connectivity index (χ0) is 15.9. The van der Waals surface area contributed by atoms with E-state index >= 15 is 0 Å². The quantitative estimate of drug-likeness (QED) is 0.911. The topological polar surface area (TPSA) is 61.5 Å². The van der Waals surface area contributed by atoms with Crippen molar-refractivity contribution in [1.29, 1.82) is 0 Å². The van der Waals surface area contributed by atoms with Crippen LogP contribution in [0.4, 0.5) is 4.79 Å². The second-order valence-corrected chi connectivity index (χ2v) is 6.81. The highest BCUT2D eigenvalue weighted by molar-refractivity contribution is 5.69. The number of aromatic nitrogens is 2. The van der Waals surface area contributed by atoms with Crippen molar-refractivity contribution in [3.8, 4) is 0 Å². The van der Waals surface area contributed by atoms with Gasteiger partial charge in [-0.25, -0.2) is 9.78 Å². The van der Waals surface area contributed by atoms with Crippen LogP contribution >= 0.6 is 0 Å². The van der Waals surface area contributed by atoms with Crippen LogP contribution in [0.15, 0.2) is 6.33 Å². The van der Waals surface area contributed by atoms with Crippen LogP contribution in [0, 0.1) is 5.92 Å². The second-order valence-electron chi connectivity index (χ2n) is 6.81. The van der Waals surface area contributed by atoms with Gasteiger partial charge in [0, 0.05) is 18.5 Å². The molecule has 0 spiro atoms. The van der Waals surface area contributed by atoms with Gasteiger partial charge >= 0.3 is 6.09 Å². The van der Waals surface area contributed by atoms with Crippen LogP contribution in [0.5, 0.6) is 0 Å². The summed E-state index contributed by atoms with van der Waals surface area (Å²) >= 11 is 0. The van der Waals surface area contributed by atoms with Gasteiger partial charge in [0.25, 0.3) is 0 Å². The fraction of sp³-hybridized carbons (Fsp3) is 0.750. The first-order chi connectivity index (χ1) is 10.5. The summed E-state index contributed by atoms with van der Waals surface area (Å²) in [7, 11) is 3.62. The normalized spacial score (nSPS) is 29.0. The minimum atomic E-state index is -0.246. The number of aromatic amines is 1. The highest BCUT2D eigenvalue weighted by atomic mass is 16.5. The van der Waals surface area contributed by atoms with Crippen LogP contribution in [0.2, 0.25) is 0 Å². The summed E-state index contributed by atoms with van der Waals surface area (Å²) in [6, 6.07) is 0.454. The fourth-order valence-electron chi connectivity index (χ4n) is 4.16. The molecule has 1 aromatic heterocycles. The minimum Gasteiger partial charge on any atom is -0.453 e. The second kappa shape index (κ2) is 5.91. The molecule has 2 aliphatic heterocycles. The Bertz CT molecular complexity index is 542. The lowest BCUT2D eigenvalue weighted by Crippen LogP contribution is -2.48. The number of carbonyl (C=O) groups is 1. The lowest BCUT2D eigenvalue weighted by molar-refractivity contribution is 0.0713. The predicted octanol–water partition coefficient (Wildman–Crippen LogP) is 2.37. The molecule has 1 amide bonds. The molecule has 1 N–H and O–H groups in total. The lowest BCUT2D eigenvalue weighted by atomic mass is 9.83. The highest BCUT2D eigenvalue weighted by Gasteiger charge is 2.44. The van der Waals surface area contributed by atoms with Gasteiger partial charge in [-0.3, -0.25) is 4.90 Å². The Kier molecular flexibility index (Phi) is 4.12. The Morgan fingerprint density at radius 1 is 1.50 bits per heavy atom. The zero-order valence-electron chi connectivity index (χ0n) is 13.9. The van der Waals surface area contributed by atoms with E-state index in [0.717, 1.165) is 24.4 Å². The Balaban J connectivity index is 2.00. The average Bonchev–Trinajstić information content (AvgIpc) is 3.13. The van der Waals surface area contributed by atoms with Gasteiger partial charge in [0.2, 0.25) is 0 Å². The van der Waals surface area contributed by atoms with E-state index in [2.05, 4.69) is 35.8 Å². The molecule has 22 heavy (non-hydrogen) atoms. The van der Waals surface area contributed by atoms with Gasteiger partial charge in [0.15, 0.2) is 0 Å². The molecule has 0 saturated carbocycles. The number of methoxy groups -OCH3 is 1. The Labute approximate surface area is 131 Å². The van der Waals surface area contributed by atoms with Gasteiger partial charge in [-0.2, -0.15) is 0 Å². The molecule has 2 unspecified atom stereocenters. The van der Waals surface area contributed by atoms with Gasteiger partial charge in [-0.05, 0) is 32.4 Å². The molecule has 1 aromatic rings. The zero-order valence-corrected chi connectivity index (χ0v) is 13.9. The van der Waals surface area contributed by atoms with Crippen LogP contribution in [0.1, 0.15) is 50.0 Å². The number of likely N-dealkylation sites (N-methyl/N-ethyl adjacent to an activating group) is 1. The maximum absolute atomic E-state index is 12.3. The van der Waals surface area contributed by atoms with Crippen LogP contribution < -0.4 is 0 Å². The summed E-state index contributed by atoms with van der Waals surface area (Å²) in [5, 5.41) is 0. The molecule has 3 atom stereocenters. The molecule has 3 heterocycles. The lowest BCUT2D eigenvalue weighted by Gasteiger charge is -2.42. The van der Waals surface area contributed by atoms with E-state index in [1.165, 1.54) is 13.5 Å². The number of H-pyrrole nitrogens is 1. The molecule has 0 aromatic carbocycles. The first-order valence-corrected chi connectivity index (χ1v) is 8.12. The van der Waals surface area contributed by atoms with E-state index < -0.39 is 0 Å². The molecule has 0 aliphatic carbocycles. The highest BCUT2D eigenvalue weighted by Crippen LogP contribution is 2.42. The monoisotopic (exact) mass is 306 g/mol. The number of rotatable bonds is 2. The van der Waals surface area contributed by atoms with Crippen molar-refractivity contribution >= 4 is 6.09 Å². The first kappa shape index (κ1) is 15.3. The summed E-state index contributed by atoms with van der Waals surface area (Å²) in [5.74, 6) is 0.559. The van der Waals surface area contributed by atoms with Crippen molar-refractivity contribution in [3.05, 3.63) is 17.7 Å². The maximum atomic E-state index is 12.3. The molecule has 3 rings (SSSR count). The molecule has 6 nitrogen and oxygen atoms in total. The molecule has 122 valence electrons. The van der Waals surface area contributed by atoms with Gasteiger partial charge in [0.1, 0.15) is 0 Å². The van der Waals surface area contributed by atoms with Crippen LogP contribution in [0.3, 0.4) is 0 Å². The summed E-state index contributed by atoms with van der Waals surface area (Å²) in [4.78, 5) is 24.5. The molecular formula is C16H26N4O2. The van der Waals surface area contributed by atoms with Gasteiger partial charge < -0.3 is 14.6 Å². The maximum Gasteiger partial charge on any atom is 0.410 e. The van der Waals surface area contributed by atoms with E-state index in [9.17, 15) is 4.79 Å². The fourth-order valence-corrected chi connectivity index (χ4v) is 4.16. The Morgan fingerprint density at radius 2 is 2.27 bits per heavy atom. The van der Waals surface area contributed by atoms with E-state index in [0.29, 0.717) is 18.5 Å². The van der Waals surface area contributed by atoms with Crippen molar-refractivity contribution in [3.63, 3.8) is 0 Å². The number of hydrogen-bond acceptors (Lipinski definition) is 4. The first-order valence-electron chi connectivity index (χ1n) is 8.12. The minimum absolute atomic E-state index is 0.00732. The van der Waals surface area contributed by atoms with Crippen molar-refractivity contribution in [1.82, 2.24) is 19.8 Å². The van der Waals surface area contributed by atoms with E-state index in [1.807, 2.05) is 4.90 Å². The van der Waals surface area contributed by atoms with Crippen molar-refractivity contribution in [2.75, 3.05) is 27.2 Å². The summed E-state index contributed by atoms with van der Waals surface area (Å²) < 4.78 is 5.04. The van der Waals surface area contributed by atoms with E-state index in [-0.39, 0.29) is 18.1 Å². The molecule has 0 radical (unpaired) electrons. The van der Waals surface area contributed by atoms with Gasteiger partial charge in [-0.15, -0.1) is 0 Å². The smallest absolute Gasteiger partial charge is 0.410 e. The van der Waals surface area contributed by atoms with Crippen molar-refractivity contribution < 1.29 is 9.53 Å². The summed E-state index contributed by atoms with van der Waals surface area (Å²) in [6.07, 6.45) is 3.89. The van der Waals surface area contributed by atoms with E-state index in [4.69, 9.17) is 4.74 Å². The molecular weight excluding hydrogens is 280 g/mol. The molecule has 0 bridgehead atoms. The standard InChI is InChI=1S/C16H26N4O2/c1-10(2)15-14-13(17-9-18-14)11(8-20(15)16(21)22-4)12-6-5-7-19(12)3/h9-12,15H,5-8H2,1-4H3,(H,17,18)/t11?,12-,15?/m0/s1. The number of likely N-dealkylation sites (tertiary alicyclic amines) is 1. The largest absolute Gasteiger partial charge is 0.453 e. The third-order valence-corrected chi connectivity index (χ3v) is 5.16. The van der Waals surface area contributed by atoms with Crippen LogP contribution in [-0.2, 0) is 4.74 Å². The predicted molar refractivity (Wildman–Crippen MR) is 83.7 cm³/mol. The number of hydrogen-bond donors (Lipinski definition) is 1. The molecule has 6 heteroatoms. The Morgan fingerprint density at radius 3 is 2.86 bits per heavy atom. The number of imidazole rings is 1. The SMILES string of the molecule is COC(=O)N1CC([C@@H]2CCCN2C)c2nc[nH]c2C1C(C)C. The molecule has 1 saturated heterocycles. The van der Waals surface area contributed by atoms with Crippen molar-refractivity contribution in [2.24, 2.45) is 5.92 Å². The number of nitrogens with zero attached hydrogens (tertiary/aromatic N) is 3. The third kappa shape index (κ3) is 2.39. The van der Waals surface area contributed by atoms with Crippen LogP contribution in [-0.4, -0.2) is 59.1 Å². The third-order valence-electron chi connectivity index (χ3n) is 5.16. The number of fused-ring (bicyclic) bond motifs is 1. The van der Waals surface area contributed by atoms with Gasteiger partial charge in [-0.1, -0.05) is 13.8 Å². The van der Waals surface area contributed by atoms with Crippen molar-refractivity contribution in [2.45, 2.75) is 44.7 Å². The van der Waals surface area contributed by atoms with E-state index in [1.54, 1.807) is 6.33 Å². The summed E-state index contributed by atoms with van der Waals surface area (Å²) in [5.41, 5.74) is 2.22. The van der Waals surface area contributed by atoms with Gasteiger partial charge in [0.05, 0.1) is 30.9 Å². The molecule has 1 fully saturated rings. The average molecular weight is 306 g/mol. The number of ether oxygens (including phenoxy) is 1. The number of nitrogens with one attached hydrogen (secondary N) is 1. The molecule has 2 aliphatic rings. The number of amides is 1.